The number of halogens is 1. The molecule has 1 saturated carbocycles. The summed E-state index contributed by atoms with van der Waals surface area (Å²) in [6.07, 6.45) is 4.30. The Morgan fingerprint density at radius 2 is 1.77 bits per heavy atom. The van der Waals surface area contributed by atoms with E-state index in [1.807, 2.05) is 24.3 Å². The van der Waals surface area contributed by atoms with Gasteiger partial charge in [0, 0.05) is 50.0 Å². The van der Waals surface area contributed by atoms with Crippen molar-refractivity contribution in [3.63, 3.8) is 0 Å². The number of hydrogen-bond donors (Lipinski definition) is 0. The number of amides is 1. The number of ether oxygens (including phenoxy) is 1. The molecule has 0 radical (unpaired) electrons. The molecule has 2 heterocycles. The average molecular weight is 423 g/mol. The van der Waals surface area contributed by atoms with Crippen molar-refractivity contribution in [2.75, 3.05) is 26.7 Å². The van der Waals surface area contributed by atoms with Gasteiger partial charge in [0.25, 0.3) is 0 Å². The molecule has 5 rings (SSSR count). The second-order valence-corrected chi connectivity index (χ2v) is 9.38. The monoisotopic (exact) mass is 422 g/mol. The van der Waals surface area contributed by atoms with Gasteiger partial charge < -0.3 is 9.64 Å². The molecule has 164 valence electrons. The summed E-state index contributed by atoms with van der Waals surface area (Å²) in [7, 11) is 1.69. The third kappa shape index (κ3) is 4.08. The van der Waals surface area contributed by atoms with E-state index in [4.69, 9.17) is 4.74 Å². The van der Waals surface area contributed by atoms with Gasteiger partial charge in [0.15, 0.2) is 0 Å². The summed E-state index contributed by atoms with van der Waals surface area (Å²) in [4.78, 5) is 17.9. The van der Waals surface area contributed by atoms with Crippen LogP contribution in [0.2, 0.25) is 0 Å². The number of fused-ring (bicyclic) bond motifs is 1. The molecule has 4 nitrogen and oxygen atoms in total. The summed E-state index contributed by atoms with van der Waals surface area (Å²) < 4.78 is 18.6. The number of piperidine rings is 1. The van der Waals surface area contributed by atoms with Crippen LogP contribution < -0.4 is 4.74 Å². The second-order valence-electron chi connectivity index (χ2n) is 9.38. The van der Waals surface area contributed by atoms with Gasteiger partial charge in [-0.1, -0.05) is 30.7 Å². The van der Waals surface area contributed by atoms with Crippen molar-refractivity contribution < 1.29 is 13.9 Å². The quantitative estimate of drug-likeness (QED) is 0.714. The first-order chi connectivity index (χ1) is 15.1. The lowest BCUT2D eigenvalue weighted by Crippen LogP contribution is -2.49. The average Bonchev–Trinajstić information content (AvgIpc) is 3.13. The molecular formula is C26H31FN2O2. The fraction of sp³-hybridized carbons (Fsp3) is 0.500. The maximum absolute atomic E-state index is 13.3. The van der Waals surface area contributed by atoms with Crippen molar-refractivity contribution in [3.05, 3.63) is 65.5 Å². The number of nitrogens with zero attached hydrogens (tertiary/aromatic N) is 2. The number of carbonyl (C=O) groups excluding carboxylic acids is 1. The Bertz CT molecular complexity index is 910. The van der Waals surface area contributed by atoms with Crippen LogP contribution in [-0.4, -0.2) is 48.5 Å². The van der Waals surface area contributed by atoms with Gasteiger partial charge in [0.05, 0.1) is 7.11 Å². The minimum Gasteiger partial charge on any atom is -0.497 e. The summed E-state index contributed by atoms with van der Waals surface area (Å²) in [5.41, 5.74) is 2.43. The molecule has 0 spiro atoms. The smallest absolute Gasteiger partial charge is 0.225 e. The third-order valence-electron chi connectivity index (χ3n) is 7.62. The van der Waals surface area contributed by atoms with E-state index in [1.54, 1.807) is 7.11 Å². The van der Waals surface area contributed by atoms with Crippen LogP contribution in [0.5, 0.6) is 5.75 Å². The van der Waals surface area contributed by atoms with E-state index in [0.717, 1.165) is 56.8 Å². The van der Waals surface area contributed by atoms with Crippen molar-refractivity contribution in [3.8, 4) is 5.75 Å². The summed E-state index contributed by atoms with van der Waals surface area (Å²) in [6, 6.07) is 15.5. The zero-order chi connectivity index (χ0) is 21.4. The highest BCUT2D eigenvalue weighted by atomic mass is 19.1. The molecule has 5 heteroatoms. The number of rotatable bonds is 5. The van der Waals surface area contributed by atoms with E-state index in [0.29, 0.717) is 23.8 Å². The second kappa shape index (κ2) is 8.62. The standard InChI is InChI=1S/C26H31FN2O2/c1-31-22-11-7-19(8-12-22)23-17-29(26(30)20-3-2-4-20)25-13-14-28(16-24(23)25)15-18-5-9-21(27)10-6-18/h5-12,20,23-25H,2-4,13-17H2,1H3/t23-,24-,25-/m0/s1. The number of likely N-dealkylation sites (tertiary alicyclic amines) is 2. The van der Waals surface area contributed by atoms with Gasteiger partial charge in [-0.3, -0.25) is 9.69 Å². The minimum atomic E-state index is -0.192. The van der Waals surface area contributed by atoms with Gasteiger partial charge in [-0.05, 0) is 54.7 Å². The Kier molecular flexibility index (Phi) is 5.70. The van der Waals surface area contributed by atoms with E-state index in [2.05, 4.69) is 21.9 Å². The molecule has 2 saturated heterocycles. The molecule has 3 aliphatic rings. The molecule has 0 unspecified atom stereocenters. The Balaban J connectivity index is 1.36. The van der Waals surface area contributed by atoms with Crippen molar-refractivity contribution in [2.24, 2.45) is 11.8 Å². The highest BCUT2D eigenvalue weighted by Gasteiger charge is 2.48. The fourth-order valence-corrected chi connectivity index (χ4v) is 5.64. The van der Waals surface area contributed by atoms with Crippen LogP contribution in [0, 0.1) is 17.7 Å². The Hall–Kier alpha value is -2.40. The van der Waals surface area contributed by atoms with Gasteiger partial charge >= 0.3 is 0 Å². The maximum atomic E-state index is 13.3. The summed E-state index contributed by atoms with van der Waals surface area (Å²) in [5.74, 6) is 2.06. The molecule has 2 aromatic carbocycles. The van der Waals surface area contributed by atoms with Crippen molar-refractivity contribution >= 4 is 5.91 Å². The van der Waals surface area contributed by atoms with Crippen LogP contribution in [0.4, 0.5) is 4.39 Å². The molecule has 3 atom stereocenters. The van der Waals surface area contributed by atoms with Gasteiger partial charge in [-0.15, -0.1) is 0 Å². The van der Waals surface area contributed by atoms with E-state index < -0.39 is 0 Å². The Morgan fingerprint density at radius 3 is 2.42 bits per heavy atom. The van der Waals surface area contributed by atoms with Crippen LogP contribution >= 0.6 is 0 Å². The third-order valence-corrected chi connectivity index (χ3v) is 7.62. The molecule has 2 aliphatic heterocycles. The van der Waals surface area contributed by atoms with Crippen LogP contribution in [-0.2, 0) is 11.3 Å². The van der Waals surface area contributed by atoms with Gasteiger partial charge in [0.1, 0.15) is 11.6 Å². The van der Waals surface area contributed by atoms with Crippen LogP contribution in [0.25, 0.3) is 0 Å². The molecule has 0 aromatic heterocycles. The van der Waals surface area contributed by atoms with E-state index in [-0.39, 0.29) is 11.7 Å². The molecule has 1 amide bonds. The zero-order valence-electron chi connectivity index (χ0n) is 18.2. The molecular weight excluding hydrogens is 391 g/mol. The Labute approximate surface area is 184 Å². The van der Waals surface area contributed by atoms with Crippen molar-refractivity contribution in [1.29, 1.82) is 0 Å². The fourth-order valence-electron chi connectivity index (χ4n) is 5.64. The Morgan fingerprint density at radius 1 is 1.03 bits per heavy atom. The normalized spacial score (nSPS) is 26.4. The van der Waals surface area contributed by atoms with Crippen molar-refractivity contribution in [2.45, 2.75) is 44.2 Å². The lowest BCUT2D eigenvalue weighted by Gasteiger charge is -2.40. The minimum absolute atomic E-state index is 0.192. The van der Waals surface area contributed by atoms with Crippen LogP contribution in [0.1, 0.15) is 42.7 Å². The highest BCUT2D eigenvalue weighted by Crippen LogP contribution is 2.44. The first-order valence-corrected chi connectivity index (χ1v) is 11.5. The lowest BCUT2D eigenvalue weighted by molar-refractivity contribution is -0.140. The molecule has 1 aliphatic carbocycles. The number of benzene rings is 2. The molecule has 0 bridgehead atoms. The maximum Gasteiger partial charge on any atom is 0.225 e. The predicted octanol–water partition coefficient (Wildman–Crippen LogP) is 4.45. The van der Waals surface area contributed by atoms with Crippen molar-refractivity contribution in [1.82, 2.24) is 9.80 Å². The molecule has 3 fully saturated rings. The molecule has 0 N–H and O–H groups in total. The molecule has 2 aromatic rings. The highest BCUT2D eigenvalue weighted by molar-refractivity contribution is 5.80. The van der Waals surface area contributed by atoms with Crippen LogP contribution in [0.15, 0.2) is 48.5 Å². The first kappa shape index (κ1) is 20.5. The topological polar surface area (TPSA) is 32.8 Å². The number of hydrogen-bond acceptors (Lipinski definition) is 3. The lowest BCUT2D eigenvalue weighted by atomic mass is 9.81. The number of methoxy groups -OCH3 is 1. The SMILES string of the molecule is COc1ccc([C@@H]2CN(C(=O)C3CCC3)[C@H]3CCN(Cc4ccc(F)cc4)C[C@@H]23)cc1. The largest absolute Gasteiger partial charge is 0.497 e. The van der Waals surface area contributed by atoms with Gasteiger partial charge in [-0.25, -0.2) is 4.39 Å². The van der Waals surface area contributed by atoms with Gasteiger partial charge in [-0.2, -0.15) is 0 Å². The summed E-state index contributed by atoms with van der Waals surface area (Å²) >= 11 is 0. The summed E-state index contributed by atoms with van der Waals surface area (Å²) in [5, 5.41) is 0. The first-order valence-electron chi connectivity index (χ1n) is 11.5. The number of carbonyl (C=O) groups is 1. The molecule has 31 heavy (non-hydrogen) atoms. The van der Waals surface area contributed by atoms with Crippen LogP contribution in [0.3, 0.4) is 0 Å². The predicted molar refractivity (Wildman–Crippen MR) is 118 cm³/mol. The van der Waals surface area contributed by atoms with Gasteiger partial charge in [0.2, 0.25) is 5.91 Å². The van der Waals surface area contributed by atoms with E-state index in [1.165, 1.54) is 24.1 Å². The van der Waals surface area contributed by atoms with E-state index in [9.17, 15) is 9.18 Å². The zero-order valence-corrected chi connectivity index (χ0v) is 18.2. The summed E-state index contributed by atoms with van der Waals surface area (Å²) in [6.45, 7) is 3.59. The van der Waals surface area contributed by atoms with E-state index >= 15 is 0 Å².